The molecule has 0 unspecified atom stereocenters. The summed E-state index contributed by atoms with van der Waals surface area (Å²) in [6, 6.07) is 10.6. The molecule has 1 heterocycles. The number of nitrogens with one attached hydrogen (secondary N) is 1. The van der Waals surface area contributed by atoms with E-state index in [9.17, 15) is 4.79 Å². The van der Waals surface area contributed by atoms with Crippen molar-refractivity contribution in [1.82, 2.24) is 4.98 Å². The van der Waals surface area contributed by atoms with Gasteiger partial charge in [0.25, 0.3) is 5.91 Å². The topological polar surface area (TPSA) is 103 Å². The molecule has 0 aliphatic heterocycles. The van der Waals surface area contributed by atoms with Gasteiger partial charge in [-0.15, -0.1) is 0 Å². The molecule has 2 aromatic rings. The first-order chi connectivity index (χ1) is 9.65. The lowest BCUT2D eigenvalue weighted by Crippen LogP contribution is -2.15. The highest BCUT2D eigenvalue weighted by molar-refractivity contribution is 5.91. The standard InChI is InChI=1S/C14H16N4O2/c15-10-1-3-12(4-2-10)20-8-7-17-11-5-6-18-13(9-11)14(16)19/h1-6,9H,7-8,15H2,(H2,16,19)(H,17,18). The number of hydrogen-bond acceptors (Lipinski definition) is 5. The van der Waals surface area contributed by atoms with E-state index < -0.39 is 5.91 Å². The Morgan fingerprint density at radius 1 is 1.25 bits per heavy atom. The molecule has 0 atom stereocenters. The van der Waals surface area contributed by atoms with Crippen LogP contribution in [-0.4, -0.2) is 24.0 Å². The first-order valence-electron chi connectivity index (χ1n) is 6.13. The van der Waals surface area contributed by atoms with Crippen molar-refractivity contribution in [2.24, 2.45) is 5.73 Å². The molecule has 6 nitrogen and oxygen atoms in total. The molecule has 2 rings (SSSR count). The number of nitrogen functional groups attached to an aromatic ring is 1. The predicted molar refractivity (Wildman–Crippen MR) is 77.6 cm³/mol. The summed E-state index contributed by atoms with van der Waals surface area (Å²) in [7, 11) is 0. The highest BCUT2D eigenvalue weighted by Crippen LogP contribution is 2.13. The second kappa shape index (κ2) is 6.42. The highest BCUT2D eigenvalue weighted by atomic mass is 16.5. The molecule has 0 radical (unpaired) electrons. The Morgan fingerprint density at radius 2 is 2.00 bits per heavy atom. The van der Waals surface area contributed by atoms with Gasteiger partial charge >= 0.3 is 0 Å². The maximum atomic E-state index is 11.0. The Labute approximate surface area is 116 Å². The second-order valence-corrected chi connectivity index (χ2v) is 4.14. The smallest absolute Gasteiger partial charge is 0.267 e. The Kier molecular flexibility index (Phi) is 4.39. The second-order valence-electron chi connectivity index (χ2n) is 4.14. The van der Waals surface area contributed by atoms with Gasteiger partial charge in [0.15, 0.2) is 0 Å². The van der Waals surface area contributed by atoms with Gasteiger partial charge in [-0.1, -0.05) is 0 Å². The Balaban J connectivity index is 1.79. The van der Waals surface area contributed by atoms with Gasteiger partial charge in [-0.3, -0.25) is 9.78 Å². The molecule has 0 aliphatic carbocycles. The number of pyridine rings is 1. The Morgan fingerprint density at radius 3 is 2.70 bits per heavy atom. The largest absolute Gasteiger partial charge is 0.492 e. The molecule has 1 aromatic heterocycles. The van der Waals surface area contributed by atoms with Crippen molar-refractivity contribution >= 4 is 17.3 Å². The number of amides is 1. The minimum Gasteiger partial charge on any atom is -0.492 e. The summed E-state index contributed by atoms with van der Waals surface area (Å²) in [6.45, 7) is 1.07. The normalized spacial score (nSPS) is 10.0. The molecule has 20 heavy (non-hydrogen) atoms. The number of anilines is 2. The summed E-state index contributed by atoms with van der Waals surface area (Å²) in [6.07, 6.45) is 1.53. The van der Waals surface area contributed by atoms with Crippen LogP contribution in [0.5, 0.6) is 5.75 Å². The Bertz CT molecular complexity index is 584. The van der Waals surface area contributed by atoms with E-state index in [2.05, 4.69) is 10.3 Å². The van der Waals surface area contributed by atoms with Crippen LogP contribution in [0.2, 0.25) is 0 Å². The number of hydrogen-bond donors (Lipinski definition) is 3. The first kappa shape index (κ1) is 13.7. The molecular weight excluding hydrogens is 256 g/mol. The molecule has 0 saturated carbocycles. The number of benzene rings is 1. The maximum Gasteiger partial charge on any atom is 0.267 e. The molecule has 5 N–H and O–H groups in total. The number of carbonyl (C=O) groups excluding carboxylic acids is 1. The van der Waals surface area contributed by atoms with Crippen LogP contribution in [0.1, 0.15) is 10.5 Å². The van der Waals surface area contributed by atoms with Crippen molar-refractivity contribution in [3.8, 4) is 5.75 Å². The van der Waals surface area contributed by atoms with Crippen LogP contribution in [0, 0.1) is 0 Å². The monoisotopic (exact) mass is 272 g/mol. The number of carbonyl (C=O) groups is 1. The van der Waals surface area contributed by atoms with Crippen LogP contribution < -0.4 is 21.5 Å². The van der Waals surface area contributed by atoms with Crippen LogP contribution in [0.4, 0.5) is 11.4 Å². The molecule has 0 spiro atoms. The lowest BCUT2D eigenvalue weighted by atomic mass is 10.3. The molecule has 0 fully saturated rings. The summed E-state index contributed by atoms with van der Waals surface area (Å²) in [5.74, 6) is 0.209. The van der Waals surface area contributed by atoms with E-state index in [0.717, 1.165) is 11.4 Å². The van der Waals surface area contributed by atoms with Gasteiger partial charge in [-0.2, -0.15) is 0 Å². The number of ether oxygens (including phenoxy) is 1. The minimum atomic E-state index is -0.549. The molecule has 104 valence electrons. The van der Waals surface area contributed by atoms with Crippen molar-refractivity contribution in [2.45, 2.75) is 0 Å². The van der Waals surface area contributed by atoms with Crippen molar-refractivity contribution in [3.63, 3.8) is 0 Å². The third-order valence-corrected chi connectivity index (χ3v) is 2.59. The lowest BCUT2D eigenvalue weighted by molar-refractivity contribution is 0.0995. The van der Waals surface area contributed by atoms with E-state index in [1.165, 1.54) is 6.20 Å². The fourth-order valence-electron chi connectivity index (χ4n) is 1.60. The first-order valence-corrected chi connectivity index (χ1v) is 6.13. The lowest BCUT2D eigenvalue weighted by Gasteiger charge is -2.09. The molecule has 1 aromatic carbocycles. The zero-order valence-electron chi connectivity index (χ0n) is 10.9. The van der Waals surface area contributed by atoms with E-state index in [1.807, 2.05) is 12.1 Å². The molecular formula is C14H16N4O2. The highest BCUT2D eigenvalue weighted by Gasteiger charge is 2.02. The van der Waals surface area contributed by atoms with Crippen LogP contribution in [0.15, 0.2) is 42.6 Å². The number of nitrogens with two attached hydrogens (primary N) is 2. The van der Waals surface area contributed by atoms with E-state index >= 15 is 0 Å². The van der Waals surface area contributed by atoms with Gasteiger partial charge in [0, 0.05) is 24.1 Å². The van der Waals surface area contributed by atoms with Crippen molar-refractivity contribution in [1.29, 1.82) is 0 Å². The third kappa shape index (κ3) is 3.88. The van der Waals surface area contributed by atoms with Crippen molar-refractivity contribution in [2.75, 3.05) is 24.2 Å². The van der Waals surface area contributed by atoms with E-state index in [0.29, 0.717) is 18.8 Å². The summed E-state index contributed by atoms with van der Waals surface area (Å²) in [5, 5.41) is 3.12. The van der Waals surface area contributed by atoms with E-state index in [4.69, 9.17) is 16.2 Å². The fourth-order valence-corrected chi connectivity index (χ4v) is 1.60. The summed E-state index contributed by atoms with van der Waals surface area (Å²) in [5.41, 5.74) is 12.5. The Hall–Kier alpha value is -2.76. The summed E-state index contributed by atoms with van der Waals surface area (Å²) >= 11 is 0. The third-order valence-electron chi connectivity index (χ3n) is 2.59. The van der Waals surface area contributed by atoms with Crippen LogP contribution in [-0.2, 0) is 0 Å². The van der Waals surface area contributed by atoms with Crippen LogP contribution in [0.25, 0.3) is 0 Å². The SMILES string of the molecule is NC(=O)c1cc(NCCOc2ccc(N)cc2)ccn1. The summed E-state index contributed by atoms with van der Waals surface area (Å²) in [4.78, 5) is 14.9. The summed E-state index contributed by atoms with van der Waals surface area (Å²) < 4.78 is 5.54. The van der Waals surface area contributed by atoms with Gasteiger partial charge in [0.2, 0.25) is 0 Å². The van der Waals surface area contributed by atoms with E-state index in [1.54, 1.807) is 24.3 Å². The number of nitrogens with zero attached hydrogens (tertiary/aromatic N) is 1. The number of aromatic nitrogens is 1. The van der Waals surface area contributed by atoms with Crippen molar-refractivity contribution in [3.05, 3.63) is 48.3 Å². The van der Waals surface area contributed by atoms with Gasteiger partial charge in [0.1, 0.15) is 18.1 Å². The molecule has 0 aliphatic rings. The minimum absolute atomic E-state index is 0.231. The van der Waals surface area contributed by atoms with Crippen LogP contribution in [0.3, 0.4) is 0 Å². The van der Waals surface area contributed by atoms with Gasteiger partial charge < -0.3 is 21.5 Å². The molecule has 1 amide bonds. The fraction of sp³-hybridized carbons (Fsp3) is 0.143. The van der Waals surface area contributed by atoms with Crippen molar-refractivity contribution < 1.29 is 9.53 Å². The predicted octanol–water partition coefficient (Wildman–Crippen LogP) is 1.25. The zero-order valence-corrected chi connectivity index (χ0v) is 10.9. The number of rotatable bonds is 6. The molecule has 6 heteroatoms. The maximum absolute atomic E-state index is 11.0. The van der Waals surface area contributed by atoms with Gasteiger partial charge in [0.05, 0.1) is 0 Å². The molecule has 0 bridgehead atoms. The quantitative estimate of drug-likeness (QED) is 0.542. The average molecular weight is 272 g/mol. The zero-order chi connectivity index (χ0) is 14.4. The molecule has 0 saturated heterocycles. The van der Waals surface area contributed by atoms with Crippen LogP contribution >= 0.6 is 0 Å². The van der Waals surface area contributed by atoms with E-state index in [-0.39, 0.29) is 5.69 Å². The van der Waals surface area contributed by atoms with Gasteiger partial charge in [-0.25, -0.2) is 0 Å². The van der Waals surface area contributed by atoms with Gasteiger partial charge in [-0.05, 0) is 36.4 Å². The number of primary amides is 1. The average Bonchev–Trinajstić information content (AvgIpc) is 2.46.